The first-order valence-corrected chi connectivity index (χ1v) is 9.07. The third-order valence-corrected chi connectivity index (χ3v) is 6.22. The number of rotatable bonds is 1. The number of benzene rings is 2. The van der Waals surface area contributed by atoms with Gasteiger partial charge in [0.25, 0.3) is 0 Å². The molecule has 0 saturated heterocycles. The summed E-state index contributed by atoms with van der Waals surface area (Å²) in [5.41, 5.74) is 3.46. The molecule has 5 heteroatoms. The van der Waals surface area contributed by atoms with Gasteiger partial charge in [-0.05, 0) is 32.0 Å². The van der Waals surface area contributed by atoms with E-state index >= 15 is 0 Å². The fourth-order valence-corrected chi connectivity index (χ4v) is 4.08. The van der Waals surface area contributed by atoms with Crippen LogP contribution < -0.4 is 0 Å². The summed E-state index contributed by atoms with van der Waals surface area (Å²) in [5.74, 6) is 0. The minimum absolute atomic E-state index is 0.539. The summed E-state index contributed by atoms with van der Waals surface area (Å²) in [6, 6.07) is 15.7. The Morgan fingerprint density at radius 1 is 0.960 bits per heavy atom. The molecule has 2 aromatic carbocycles. The zero-order valence-corrected chi connectivity index (χ0v) is 16.0. The molecule has 1 aliphatic heterocycles. The Bertz CT molecular complexity index is 1020. The summed E-state index contributed by atoms with van der Waals surface area (Å²) in [4.78, 5) is 9.44. The highest BCUT2D eigenvalue weighted by Gasteiger charge is 2.49. The molecule has 0 saturated carbocycles. The van der Waals surface area contributed by atoms with E-state index in [1.54, 1.807) is 6.07 Å². The SMILES string of the molecule is CC1(C)N=C(c2cnc3ccccc3c2)c2cccc(Cl)c2C1(Cl)Cl. The number of halogens is 3. The van der Waals surface area contributed by atoms with E-state index in [4.69, 9.17) is 39.8 Å². The van der Waals surface area contributed by atoms with Crippen LogP contribution in [0.4, 0.5) is 0 Å². The second-order valence-corrected chi connectivity index (χ2v) is 8.41. The lowest BCUT2D eigenvalue weighted by Gasteiger charge is -2.40. The Morgan fingerprint density at radius 2 is 1.72 bits per heavy atom. The molecule has 0 bridgehead atoms. The van der Waals surface area contributed by atoms with Gasteiger partial charge in [-0.2, -0.15) is 0 Å². The van der Waals surface area contributed by atoms with E-state index in [1.807, 2.05) is 56.4 Å². The highest BCUT2D eigenvalue weighted by molar-refractivity contribution is 6.51. The normalized spacial score (nSPS) is 17.9. The van der Waals surface area contributed by atoms with Gasteiger partial charge in [0.1, 0.15) is 0 Å². The van der Waals surface area contributed by atoms with Crippen LogP contribution in [0.2, 0.25) is 5.02 Å². The molecule has 2 heterocycles. The van der Waals surface area contributed by atoms with Gasteiger partial charge >= 0.3 is 0 Å². The second-order valence-electron chi connectivity index (χ2n) is 6.67. The number of alkyl halides is 2. The third-order valence-electron chi connectivity index (χ3n) is 4.61. The quantitative estimate of drug-likeness (QED) is 0.458. The lowest BCUT2D eigenvalue weighted by molar-refractivity contribution is 0.457. The van der Waals surface area contributed by atoms with Crippen molar-refractivity contribution in [2.45, 2.75) is 23.7 Å². The molecular formula is C20H15Cl3N2. The van der Waals surface area contributed by atoms with Gasteiger partial charge in [0.05, 0.1) is 16.8 Å². The van der Waals surface area contributed by atoms with Gasteiger partial charge in [-0.25, -0.2) is 0 Å². The molecule has 0 N–H and O–H groups in total. The minimum Gasteiger partial charge on any atom is -0.274 e. The van der Waals surface area contributed by atoms with Crippen LogP contribution in [0, 0.1) is 0 Å². The highest BCUT2D eigenvalue weighted by atomic mass is 35.5. The van der Waals surface area contributed by atoms with Crippen molar-refractivity contribution in [2.75, 3.05) is 0 Å². The first kappa shape index (κ1) is 16.8. The van der Waals surface area contributed by atoms with E-state index in [1.165, 1.54) is 0 Å². The average Bonchev–Trinajstić information content (AvgIpc) is 2.58. The summed E-state index contributed by atoms with van der Waals surface area (Å²) in [6.07, 6.45) is 1.83. The van der Waals surface area contributed by atoms with Crippen LogP contribution in [0.15, 0.2) is 59.7 Å². The summed E-state index contributed by atoms with van der Waals surface area (Å²) >= 11 is 19.9. The predicted octanol–water partition coefficient (Wildman–Crippen LogP) is 6.15. The van der Waals surface area contributed by atoms with Gasteiger partial charge in [-0.15, -0.1) is 0 Å². The van der Waals surface area contributed by atoms with Gasteiger partial charge in [0.15, 0.2) is 4.33 Å². The number of fused-ring (bicyclic) bond motifs is 2. The summed E-state index contributed by atoms with van der Waals surface area (Å²) in [6.45, 7) is 3.82. The van der Waals surface area contributed by atoms with Crippen molar-refractivity contribution >= 4 is 51.4 Å². The molecule has 4 rings (SSSR count). The molecule has 0 amide bonds. The second kappa shape index (κ2) is 5.70. The molecule has 0 radical (unpaired) electrons. The van der Waals surface area contributed by atoms with Gasteiger partial charge in [0.2, 0.25) is 0 Å². The Kier molecular flexibility index (Phi) is 3.84. The molecule has 0 atom stereocenters. The Labute approximate surface area is 161 Å². The van der Waals surface area contributed by atoms with E-state index in [0.29, 0.717) is 10.6 Å². The monoisotopic (exact) mass is 388 g/mol. The van der Waals surface area contributed by atoms with Gasteiger partial charge in [0, 0.05) is 33.3 Å². The molecule has 2 nitrogen and oxygen atoms in total. The first-order valence-electron chi connectivity index (χ1n) is 7.93. The molecule has 25 heavy (non-hydrogen) atoms. The van der Waals surface area contributed by atoms with Crippen LogP contribution in [-0.2, 0) is 4.33 Å². The average molecular weight is 390 g/mol. The molecule has 1 aromatic heterocycles. The fraction of sp³-hybridized carbons (Fsp3) is 0.200. The summed E-state index contributed by atoms with van der Waals surface area (Å²) in [5, 5.41) is 1.59. The minimum atomic E-state index is -1.21. The van der Waals surface area contributed by atoms with E-state index in [2.05, 4.69) is 11.1 Å². The van der Waals surface area contributed by atoms with Crippen molar-refractivity contribution in [3.8, 4) is 0 Å². The molecule has 0 spiro atoms. The van der Waals surface area contributed by atoms with E-state index in [9.17, 15) is 0 Å². The molecule has 0 aliphatic carbocycles. The number of hydrogen-bond acceptors (Lipinski definition) is 2. The van der Waals surface area contributed by atoms with Gasteiger partial charge in [-0.3, -0.25) is 9.98 Å². The smallest absolute Gasteiger partial charge is 0.169 e. The van der Waals surface area contributed by atoms with Gasteiger partial charge in [-0.1, -0.05) is 65.1 Å². The number of aliphatic imine (C=N–C) groups is 1. The van der Waals surface area contributed by atoms with Crippen LogP contribution in [-0.4, -0.2) is 16.2 Å². The van der Waals surface area contributed by atoms with Crippen molar-refractivity contribution in [1.29, 1.82) is 0 Å². The lowest BCUT2D eigenvalue weighted by atomic mass is 9.84. The molecule has 126 valence electrons. The molecule has 0 unspecified atom stereocenters. The third kappa shape index (κ3) is 2.55. The highest BCUT2D eigenvalue weighted by Crippen LogP contribution is 2.52. The Morgan fingerprint density at radius 3 is 2.52 bits per heavy atom. The number of para-hydroxylation sites is 1. The molecular weight excluding hydrogens is 375 g/mol. The number of hydrogen-bond donors (Lipinski definition) is 0. The van der Waals surface area contributed by atoms with Crippen molar-refractivity contribution in [1.82, 2.24) is 4.98 Å². The van der Waals surface area contributed by atoms with Crippen LogP contribution >= 0.6 is 34.8 Å². The molecule has 0 fully saturated rings. The van der Waals surface area contributed by atoms with Crippen molar-refractivity contribution in [2.24, 2.45) is 4.99 Å². The maximum absolute atomic E-state index is 6.71. The standard InChI is InChI=1S/C20H15Cl3N2/c1-19(2)20(22,23)17-14(7-5-8-15(17)21)18(25-19)13-10-12-6-3-4-9-16(12)24-11-13/h3-11H,1-2H3. The molecule has 1 aliphatic rings. The Balaban J connectivity index is 2.00. The van der Waals surface area contributed by atoms with Crippen molar-refractivity contribution < 1.29 is 0 Å². The Hall–Kier alpha value is -1.61. The van der Waals surface area contributed by atoms with Crippen molar-refractivity contribution in [3.63, 3.8) is 0 Å². The summed E-state index contributed by atoms with van der Waals surface area (Å²) < 4.78 is -1.21. The maximum Gasteiger partial charge on any atom is 0.169 e. The van der Waals surface area contributed by atoms with E-state index in [0.717, 1.165) is 27.7 Å². The number of pyridine rings is 1. The van der Waals surface area contributed by atoms with E-state index in [-0.39, 0.29) is 0 Å². The number of nitrogens with zero attached hydrogens (tertiary/aromatic N) is 2. The van der Waals surface area contributed by atoms with Crippen LogP contribution in [0.1, 0.15) is 30.5 Å². The predicted molar refractivity (Wildman–Crippen MR) is 106 cm³/mol. The van der Waals surface area contributed by atoms with Gasteiger partial charge < -0.3 is 0 Å². The fourth-order valence-electron chi connectivity index (χ4n) is 3.18. The zero-order chi connectivity index (χ0) is 17.8. The zero-order valence-electron chi connectivity index (χ0n) is 13.7. The topological polar surface area (TPSA) is 25.2 Å². The van der Waals surface area contributed by atoms with Crippen LogP contribution in [0.3, 0.4) is 0 Å². The largest absolute Gasteiger partial charge is 0.274 e. The van der Waals surface area contributed by atoms with E-state index < -0.39 is 9.87 Å². The lowest BCUT2D eigenvalue weighted by Crippen LogP contribution is -2.42. The van der Waals surface area contributed by atoms with Crippen LogP contribution in [0.25, 0.3) is 10.9 Å². The first-order chi connectivity index (χ1) is 11.8. The number of aromatic nitrogens is 1. The van der Waals surface area contributed by atoms with Crippen LogP contribution in [0.5, 0.6) is 0 Å². The molecule has 3 aromatic rings. The maximum atomic E-state index is 6.71. The van der Waals surface area contributed by atoms with Crippen molar-refractivity contribution in [3.05, 3.63) is 76.4 Å². The summed E-state index contributed by atoms with van der Waals surface area (Å²) in [7, 11) is 0.